The number of rotatable bonds is 6. The summed E-state index contributed by atoms with van der Waals surface area (Å²) in [6.07, 6.45) is 7.77. The van der Waals surface area contributed by atoms with Crippen molar-refractivity contribution in [2.24, 2.45) is 0 Å². The lowest BCUT2D eigenvalue weighted by molar-refractivity contribution is 0.0946. The van der Waals surface area contributed by atoms with E-state index in [1.165, 1.54) is 12.8 Å². The molecule has 1 aromatic rings. The third-order valence-electron chi connectivity index (χ3n) is 3.51. The number of aryl methyl sites for hydroxylation is 1. The molecule has 1 aliphatic rings. The second-order valence-electron chi connectivity index (χ2n) is 5.02. The van der Waals surface area contributed by atoms with Crippen LogP contribution in [-0.2, 0) is 4.74 Å². The number of pyridine rings is 1. The first-order chi connectivity index (χ1) is 9.27. The first-order valence-corrected chi connectivity index (χ1v) is 7.09. The molecule has 19 heavy (non-hydrogen) atoms. The molecule has 2 rings (SSSR count). The van der Waals surface area contributed by atoms with E-state index < -0.39 is 0 Å². The highest BCUT2D eigenvalue weighted by molar-refractivity contribution is 5.95. The zero-order chi connectivity index (χ0) is 13.5. The fourth-order valence-electron chi connectivity index (χ4n) is 2.39. The maximum absolute atomic E-state index is 11.9. The van der Waals surface area contributed by atoms with Gasteiger partial charge in [-0.05, 0) is 51.2 Å². The molecular formula is C15H22N2O2. The number of hydrogen-bond donors (Lipinski definition) is 1. The van der Waals surface area contributed by atoms with E-state index in [0.29, 0.717) is 11.7 Å². The average molecular weight is 262 g/mol. The topological polar surface area (TPSA) is 51.2 Å². The number of aromatic nitrogens is 1. The number of hydrogen-bond acceptors (Lipinski definition) is 3. The lowest BCUT2D eigenvalue weighted by Gasteiger charge is -2.09. The smallest absolute Gasteiger partial charge is 0.253 e. The highest BCUT2D eigenvalue weighted by Crippen LogP contribution is 2.17. The molecule has 1 N–H and O–H groups in total. The minimum Gasteiger partial charge on any atom is -0.378 e. The minimum absolute atomic E-state index is 0.0253. The summed E-state index contributed by atoms with van der Waals surface area (Å²) in [5, 5.41) is 2.95. The standard InChI is InChI=1S/C15H22N2O2/c1-12-14(8-4-10-16-12)15(18)17-9-3-2-6-13-7-5-11-19-13/h4,8,10,13H,2-3,5-7,9,11H2,1H3,(H,17,18)/t13-/m0/s1. The second kappa shape index (κ2) is 7.24. The van der Waals surface area contributed by atoms with Gasteiger partial charge in [-0.2, -0.15) is 0 Å². The molecule has 0 radical (unpaired) electrons. The normalized spacial score (nSPS) is 18.5. The molecule has 2 heterocycles. The van der Waals surface area contributed by atoms with Gasteiger partial charge in [-0.1, -0.05) is 0 Å². The summed E-state index contributed by atoms with van der Waals surface area (Å²) < 4.78 is 5.57. The average Bonchev–Trinajstić information content (AvgIpc) is 2.92. The molecule has 0 unspecified atom stereocenters. The number of amides is 1. The Morgan fingerprint density at radius 1 is 1.53 bits per heavy atom. The lowest BCUT2D eigenvalue weighted by atomic mass is 10.1. The molecule has 4 nitrogen and oxygen atoms in total. The molecule has 0 saturated carbocycles. The van der Waals surface area contributed by atoms with Crippen molar-refractivity contribution in [3.8, 4) is 0 Å². The fraction of sp³-hybridized carbons (Fsp3) is 0.600. The Labute approximate surface area is 114 Å². The van der Waals surface area contributed by atoms with Crippen LogP contribution in [-0.4, -0.2) is 30.1 Å². The molecule has 0 aliphatic carbocycles. The highest BCUT2D eigenvalue weighted by Gasteiger charge is 2.14. The van der Waals surface area contributed by atoms with Gasteiger partial charge >= 0.3 is 0 Å². The van der Waals surface area contributed by atoms with E-state index in [0.717, 1.165) is 38.1 Å². The van der Waals surface area contributed by atoms with E-state index in [-0.39, 0.29) is 5.91 Å². The van der Waals surface area contributed by atoms with Crippen LogP contribution in [0.25, 0.3) is 0 Å². The van der Waals surface area contributed by atoms with Crippen molar-refractivity contribution in [1.82, 2.24) is 10.3 Å². The molecule has 1 aliphatic heterocycles. The Bertz CT molecular complexity index is 414. The zero-order valence-corrected chi connectivity index (χ0v) is 11.5. The van der Waals surface area contributed by atoms with Crippen LogP contribution in [0, 0.1) is 6.92 Å². The summed E-state index contributed by atoms with van der Waals surface area (Å²) >= 11 is 0. The molecule has 4 heteroatoms. The van der Waals surface area contributed by atoms with Crippen LogP contribution >= 0.6 is 0 Å². The highest BCUT2D eigenvalue weighted by atomic mass is 16.5. The predicted octanol–water partition coefficient (Wildman–Crippen LogP) is 2.47. The molecule has 1 fully saturated rings. The number of nitrogens with zero attached hydrogens (tertiary/aromatic N) is 1. The summed E-state index contributed by atoms with van der Waals surface area (Å²) in [7, 11) is 0. The van der Waals surface area contributed by atoms with Gasteiger partial charge in [0.25, 0.3) is 5.91 Å². The van der Waals surface area contributed by atoms with Crippen molar-refractivity contribution in [2.75, 3.05) is 13.2 Å². The van der Waals surface area contributed by atoms with Gasteiger partial charge in [0.1, 0.15) is 0 Å². The first kappa shape index (κ1) is 14.0. The first-order valence-electron chi connectivity index (χ1n) is 7.09. The predicted molar refractivity (Wildman–Crippen MR) is 74.1 cm³/mol. The molecule has 1 atom stereocenters. The van der Waals surface area contributed by atoms with Gasteiger partial charge in [-0.15, -0.1) is 0 Å². The number of unbranched alkanes of at least 4 members (excludes halogenated alkanes) is 1. The van der Waals surface area contributed by atoms with Crippen molar-refractivity contribution in [3.63, 3.8) is 0 Å². The lowest BCUT2D eigenvalue weighted by Crippen LogP contribution is -2.25. The number of ether oxygens (including phenoxy) is 1. The fourth-order valence-corrected chi connectivity index (χ4v) is 2.39. The third-order valence-corrected chi connectivity index (χ3v) is 3.51. The van der Waals surface area contributed by atoms with E-state index in [1.54, 1.807) is 12.3 Å². The van der Waals surface area contributed by atoms with Crippen molar-refractivity contribution in [2.45, 2.75) is 45.1 Å². The van der Waals surface area contributed by atoms with Gasteiger partial charge in [0, 0.05) is 25.0 Å². The Morgan fingerprint density at radius 3 is 3.16 bits per heavy atom. The Hall–Kier alpha value is -1.42. The van der Waals surface area contributed by atoms with Gasteiger partial charge in [-0.3, -0.25) is 9.78 Å². The molecule has 1 aromatic heterocycles. The SMILES string of the molecule is Cc1ncccc1C(=O)NCCCC[C@H]1CCCO1. The quantitative estimate of drug-likeness (QED) is 0.801. The maximum atomic E-state index is 11.9. The largest absolute Gasteiger partial charge is 0.378 e. The summed E-state index contributed by atoms with van der Waals surface area (Å²) in [5.74, 6) is -0.0253. The van der Waals surface area contributed by atoms with Gasteiger partial charge in [-0.25, -0.2) is 0 Å². The zero-order valence-electron chi connectivity index (χ0n) is 11.5. The van der Waals surface area contributed by atoms with Crippen LogP contribution in [0.3, 0.4) is 0 Å². The Balaban J connectivity index is 1.62. The van der Waals surface area contributed by atoms with E-state index in [2.05, 4.69) is 10.3 Å². The summed E-state index contributed by atoms with van der Waals surface area (Å²) in [5.41, 5.74) is 1.45. The van der Waals surface area contributed by atoms with Crippen LogP contribution in [0.1, 0.15) is 48.2 Å². The molecule has 1 amide bonds. The van der Waals surface area contributed by atoms with Crippen LogP contribution in [0.4, 0.5) is 0 Å². The van der Waals surface area contributed by atoms with Crippen molar-refractivity contribution in [1.29, 1.82) is 0 Å². The van der Waals surface area contributed by atoms with E-state index in [9.17, 15) is 4.79 Å². The number of nitrogens with one attached hydrogen (secondary N) is 1. The summed E-state index contributed by atoms with van der Waals surface area (Å²) in [4.78, 5) is 16.0. The third kappa shape index (κ3) is 4.31. The van der Waals surface area contributed by atoms with Crippen LogP contribution in [0.15, 0.2) is 18.3 Å². The van der Waals surface area contributed by atoms with E-state index in [1.807, 2.05) is 13.0 Å². The minimum atomic E-state index is -0.0253. The summed E-state index contributed by atoms with van der Waals surface area (Å²) in [6.45, 7) is 3.49. The van der Waals surface area contributed by atoms with Crippen LogP contribution < -0.4 is 5.32 Å². The van der Waals surface area contributed by atoms with Gasteiger partial charge in [0.2, 0.25) is 0 Å². The summed E-state index contributed by atoms with van der Waals surface area (Å²) in [6, 6.07) is 3.60. The van der Waals surface area contributed by atoms with Gasteiger partial charge < -0.3 is 10.1 Å². The van der Waals surface area contributed by atoms with Crippen molar-refractivity contribution >= 4 is 5.91 Å². The molecule has 0 spiro atoms. The van der Waals surface area contributed by atoms with E-state index in [4.69, 9.17) is 4.74 Å². The molecule has 0 bridgehead atoms. The molecular weight excluding hydrogens is 240 g/mol. The van der Waals surface area contributed by atoms with Crippen LogP contribution in [0.5, 0.6) is 0 Å². The monoisotopic (exact) mass is 262 g/mol. The Kier molecular flexibility index (Phi) is 5.33. The van der Waals surface area contributed by atoms with Crippen molar-refractivity contribution in [3.05, 3.63) is 29.6 Å². The number of carbonyl (C=O) groups is 1. The molecule has 0 aromatic carbocycles. The molecule has 1 saturated heterocycles. The van der Waals surface area contributed by atoms with Gasteiger partial charge in [0.15, 0.2) is 0 Å². The van der Waals surface area contributed by atoms with E-state index >= 15 is 0 Å². The Morgan fingerprint density at radius 2 is 2.42 bits per heavy atom. The van der Waals surface area contributed by atoms with Gasteiger partial charge in [0.05, 0.1) is 11.7 Å². The number of carbonyl (C=O) groups excluding carboxylic acids is 1. The second-order valence-corrected chi connectivity index (χ2v) is 5.02. The molecule has 104 valence electrons. The maximum Gasteiger partial charge on any atom is 0.253 e. The van der Waals surface area contributed by atoms with Crippen molar-refractivity contribution < 1.29 is 9.53 Å². The van der Waals surface area contributed by atoms with Crippen LogP contribution in [0.2, 0.25) is 0 Å².